The molecular formula is C32H64O9P2. The molecule has 11 heteroatoms. The molecule has 0 unspecified atom stereocenters. The lowest BCUT2D eigenvalue weighted by Crippen LogP contribution is -2.10. The second-order valence-corrected chi connectivity index (χ2v) is 14.8. The summed E-state index contributed by atoms with van der Waals surface area (Å²) in [5, 5.41) is 0. The van der Waals surface area contributed by atoms with E-state index in [4.69, 9.17) is 9.79 Å². The van der Waals surface area contributed by atoms with E-state index in [-0.39, 0.29) is 12.8 Å². The third-order valence-electron chi connectivity index (χ3n) is 7.60. The maximum atomic E-state index is 12.7. The summed E-state index contributed by atoms with van der Waals surface area (Å²) in [6, 6.07) is 0. The SMILES string of the molecule is CCCCCCCCCCCCCCCC(=O)OP(=O)(OC(=O)CCCCCCCCCCCCCCC)OP(=O)(O)O. The molecular weight excluding hydrogens is 590 g/mol. The van der Waals surface area contributed by atoms with Crippen LogP contribution in [-0.2, 0) is 32.1 Å². The van der Waals surface area contributed by atoms with Gasteiger partial charge in [0, 0.05) is 12.8 Å². The number of phosphoric ester groups is 1. The molecule has 0 aromatic rings. The summed E-state index contributed by atoms with van der Waals surface area (Å²) >= 11 is 0. The number of carbonyl (C=O) groups excluding carboxylic acids is 2. The van der Waals surface area contributed by atoms with Crippen molar-refractivity contribution in [3.8, 4) is 0 Å². The van der Waals surface area contributed by atoms with Crippen molar-refractivity contribution in [1.29, 1.82) is 0 Å². The molecule has 0 saturated carbocycles. The Morgan fingerprint density at radius 3 is 0.907 bits per heavy atom. The van der Waals surface area contributed by atoms with E-state index in [9.17, 15) is 18.7 Å². The van der Waals surface area contributed by atoms with Gasteiger partial charge in [0.15, 0.2) is 0 Å². The highest BCUT2D eigenvalue weighted by Gasteiger charge is 2.42. The van der Waals surface area contributed by atoms with Crippen LogP contribution in [0.2, 0.25) is 0 Å². The fourth-order valence-corrected chi connectivity index (χ4v) is 7.12. The fraction of sp³-hybridized carbons (Fsp3) is 0.938. The van der Waals surface area contributed by atoms with Gasteiger partial charge in [-0.25, -0.2) is 9.13 Å². The molecule has 0 aliphatic carbocycles. The Labute approximate surface area is 262 Å². The van der Waals surface area contributed by atoms with Crippen molar-refractivity contribution in [2.24, 2.45) is 0 Å². The van der Waals surface area contributed by atoms with Crippen LogP contribution >= 0.6 is 15.6 Å². The van der Waals surface area contributed by atoms with Crippen LogP contribution in [0.15, 0.2) is 0 Å². The van der Waals surface area contributed by atoms with Gasteiger partial charge in [-0.05, 0) is 12.8 Å². The minimum Gasteiger partial charge on any atom is -0.361 e. The minimum atomic E-state index is -5.34. The first-order chi connectivity index (χ1) is 20.6. The van der Waals surface area contributed by atoms with Crippen molar-refractivity contribution < 1.29 is 41.9 Å². The highest BCUT2D eigenvalue weighted by atomic mass is 31.3. The summed E-state index contributed by atoms with van der Waals surface area (Å²) in [5.41, 5.74) is 0. The van der Waals surface area contributed by atoms with E-state index < -0.39 is 27.6 Å². The van der Waals surface area contributed by atoms with E-state index in [0.717, 1.165) is 51.4 Å². The number of hydrogen-bond donors (Lipinski definition) is 2. The average molecular weight is 655 g/mol. The molecule has 2 N–H and O–H groups in total. The summed E-state index contributed by atoms with van der Waals surface area (Å²) < 4.78 is 37.5. The first-order valence-corrected chi connectivity index (χ1v) is 20.4. The molecule has 0 fully saturated rings. The lowest BCUT2D eigenvalue weighted by molar-refractivity contribution is -0.140. The lowest BCUT2D eigenvalue weighted by atomic mass is 10.0. The van der Waals surface area contributed by atoms with Gasteiger partial charge in [-0.15, -0.1) is 0 Å². The quantitative estimate of drug-likeness (QED) is 0.0536. The summed E-state index contributed by atoms with van der Waals surface area (Å²) in [6.45, 7) is 4.45. The smallest absolute Gasteiger partial charge is 0.361 e. The number of phosphoric acid groups is 2. The normalized spacial score (nSPS) is 12.0. The fourth-order valence-electron chi connectivity index (χ4n) is 5.10. The molecule has 43 heavy (non-hydrogen) atoms. The van der Waals surface area contributed by atoms with Gasteiger partial charge in [-0.1, -0.05) is 168 Å². The molecule has 0 spiro atoms. The number of rotatable bonds is 32. The van der Waals surface area contributed by atoms with Gasteiger partial charge < -0.3 is 18.8 Å². The highest BCUT2D eigenvalue weighted by molar-refractivity contribution is 7.61. The third-order valence-corrected chi connectivity index (χ3v) is 10.1. The van der Waals surface area contributed by atoms with E-state index in [1.807, 2.05) is 0 Å². The van der Waals surface area contributed by atoms with Crippen molar-refractivity contribution >= 4 is 27.6 Å². The zero-order valence-electron chi connectivity index (χ0n) is 27.4. The predicted octanol–water partition coefficient (Wildman–Crippen LogP) is 11.3. The molecule has 0 rings (SSSR count). The maximum Gasteiger partial charge on any atom is 0.601 e. The third kappa shape index (κ3) is 31.1. The molecule has 0 aliphatic heterocycles. The molecule has 9 nitrogen and oxygen atoms in total. The first kappa shape index (κ1) is 42.3. The molecule has 0 aromatic heterocycles. The second kappa shape index (κ2) is 28.7. The summed E-state index contributed by atoms with van der Waals surface area (Å²) in [5.74, 6) is -1.96. The van der Waals surface area contributed by atoms with E-state index >= 15 is 0 Å². The zero-order chi connectivity index (χ0) is 32.1. The van der Waals surface area contributed by atoms with Crippen LogP contribution in [-0.4, -0.2) is 21.7 Å². The van der Waals surface area contributed by atoms with E-state index in [0.29, 0.717) is 12.8 Å². The van der Waals surface area contributed by atoms with Crippen molar-refractivity contribution in [2.75, 3.05) is 0 Å². The van der Waals surface area contributed by atoms with Gasteiger partial charge in [0.25, 0.3) is 0 Å². The van der Waals surface area contributed by atoms with Crippen LogP contribution in [0.5, 0.6) is 0 Å². The average Bonchev–Trinajstić information content (AvgIpc) is 2.92. The van der Waals surface area contributed by atoms with Gasteiger partial charge >= 0.3 is 27.6 Å². The van der Waals surface area contributed by atoms with Crippen molar-refractivity contribution in [1.82, 2.24) is 0 Å². The lowest BCUT2D eigenvalue weighted by Gasteiger charge is -2.17. The summed E-state index contributed by atoms with van der Waals surface area (Å²) in [7, 11) is -10.4. The van der Waals surface area contributed by atoms with Crippen LogP contribution in [0.3, 0.4) is 0 Å². The van der Waals surface area contributed by atoms with Crippen molar-refractivity contribution in [3.05, 3.63) is 0 Å². The zero-order valence-corrected chi connectivity index (χ0v) is 29.2. The molecule has 0 radical (unpaired) electrons. The molecule has 0 bridgehead atoms. The molecule has 0 aromatic carbocycles. The molecule has 0 saturated heterocycles. The van der Waals surface area contributed by atoms with E-state index in [1.54, 1.807) is 0 Å². The van der Waals surface area contributed by atoms with Crippen molar-refractivity contribution in [3.63, 3.8) is 0 Å². The van der Waals surface area contributed by atoms with Crippen molar-refractivity contribution in [2.45, 2.75) is 194 Å². The standard InChI is InChI=1S/C32H64O9P2/c1-3-5-7-9-11-13-15-17-19-21-23-25-27-29-31(33)39-43(38,41-42(35,36)37)40-32(34)30-28-26-24-22-20-18-16-14-12-10-8-6-4-2/h3-30H2,1-2H3,(H2,35,36,37). The number of carbonyl (C=O) groups is 2. The summed E-state index contributed by atoms with van der Waals surface area (Å²) in [4.78, 5) is 42.6. The summed E-state index contributed by atoms with van der Waals surface area (Å²) in [6.07, 6.45) is 29.3. The molecule has 0 atom stereocenters. The monoisotopic (exact) mass is 654 g/mol. The topological polar surface area (TPSA) is 136 Å². The van der Waals surface area contributed by atoms with Gasteiger partial charge in [0.2, 0.25) is 0 Å². The van der Waals surface area contributed by atoms with Crippen LogP contribution < -0.4 is 0 Å². The van der Waals surface area contributed by atoms with Crippen LogP contribution in [0.4, 0.5) is 0 Å². The largest absolute Gasteiger partial charge is 0.601 e. The molecule has 0 amide bonds. The molecule has 0 heterocycles. The van der Waals surface area contributed by atoms with Crippen LogP contribution in [0.25, 0.3) is 0 Å². The first-order valence-electron chi connectivity index (χ1n) is 17.4. The van der Waals surface area contributed by atoms with Gasteiger partial charge in [-0.2, -0.15) is 4.31 Å². The molecule has 256 valence electrons. The number of hydrogen-bond acceptors (Lipinski definition) is 7. The predicted molar refractivity (Wildman–Crippen MR) is 174 cm³/mol. The Morgan fingerprint density at radius 2 is 0.674 bits per heavy atom. The Bertz CT molecular complexity index is 722. The maximum absolute atomic E-state index is 12.7. The Hall–Kier alpha value is -0.720. The van der Waals surface area contributed by atoms with E-state index in [2.05, 4.69) is 27.2 Å². The Balaban J connectivity index is 4.06. The number of unbranched alkanes of at least 4 members (excludes halogenated alkanes) is 24. The highest BCUT2D eigenvalue weighted by Crippen LogP contribution is 2.61. The van der Waals surface area contributed by atoms with Gasteiger partial charge in [0.1, 0.15) is 0 Å². The Kier molecular flexibility index (Phi) is 28.3. The second-order valence-electron chi connectivity index (χ2n) is 11.9. The Morgan fingerprint density at radius 1 is 0.442 bits per heavy atom. The van der Waals surface area contributed by atoms with Crippen LogP contribution in [0.1, 0.15) is 194 Å². The van der Waals surface area contributed by atoms with Crippen LogP contribution in [0, 0.1) is 0 Å². The minimum absolute atomic E-state index is 0.108. The van der Waals surface area contributed by atoms with Gasteiger partial charge in [-0.3, -0.25) is 9.59 Å². The van der Waals surface area contributed by atoms with E-state index in [1.165, 1.54) is 103 Å². The molecule has 0 aliphatic rings. The van der Waals surface area contributed by atoms with Gasteiger partial charge in [0.05, 0.1) is 0 Å².